The molecule has 3 rings (SSSR count). The summed E-state index contributed by atoms with van der Waals surface area (Å²) in [7, 11) is -2.86. The number of hydrogen-bond donors (Lipinski definition) is 1. The van der Waals surface area contributed by atoms with Crippen molar-refractivity contribution >= 4 is 45.0 Å². The molecule has 2 aliphatic rings. The van der Waals surface area contributed by atoms with Crippen LogP contribution in [-0.2, 0) is 14.6 Å². The minimum Gasteiger partial charge on any atom is -0.329 e. The summed E-state index contributed by atoms with van der Waals surface area (Å²) in [6.07, 6.45) is 3.88. The van der Waals surface area contributed by atoms with Gasteiger partial charge in [0.2, 0.25) is 5.91 Å². The van der Waals surface area contributed by atoms with E-state index in [4.69, 9.17) is 23.2 Å². The van der Waals surface area contributed by atoms with Crippen molar-refractivity contribution in [3.8, 4) is 0 Å². The molecule has 0 radical (unpaired) electrons. The first-order valence-electron chi connectivity index (χ1n) is 8.32. The molecule has 0 bridgehead atoms. The van der Waals surface area contributed by atoms with Crippen LogP contribution in [0.1, 0.15) is 12.0 Å². The normalized spacial score (nSPS) is 24.1. The Morgan fingerprint density at radius 3 is 2.40 bits per heavy atom. The predicted octanol–water partition coefficient (Wildman–Crippen LogP) is 0.921. The van der Waals surface area contributed by atoms with Gasteiger partial charge in [-0.25, -0.2) is 8.42 Å². The van der Waals surface area contributed by atoms with Gasteiger partial charge < -0.3 is 9.80 Å². The van der Waals surface area contributed by atoms with Crippen LogP contribution in [0.25, 0.3) is 6.08 Å². The highest BCUT2D eigenvalue weighted by atomic mass is 35.5. The number of amides is 1. The summed E-state index contributed by atoms with van der Waals surface area (Å²) in [6.45, 7) is 2.83. The number of sulfone groups is 1. The van der Waals surface area contributed by atoms with Crippen molar-refractivity contribution in [1.29, 1.82) is 0 Å². The summed E-state index contributed by atoms with van der Waals surface area (Å²) in [4.78, 5) is 15.5. The summed E-state index contributed by atoms with van der Waals surface area (Å²) < 4.78 is 23.2. The number of piperazine rings is 1. The molecule has 0 aromatic heterocycles. The standard InChI is InChI=1S/C17H20Cl2N2O3S/c18-15-2-1-3-16(19)14(15)4-5-17(22)21-9-7-20(8-10-21)13-6-11-25(23,24)12-13/h1-5,13H,6-12H2/p+1/b5-4+/t13-/m1/s1. The van der Waals surface area contributed by atoms with E-state index in [1.54, 1.807) is 29.2 Å². The van der Waals surface area contributed by atoms with E-state index in [1.807, 2.05) is 0 Å². The smallest absolute Gasteiger partial charge is 0.246 e. The molecule has 0 saturated carbocycles. The monoisotopic (exact) mass is 403 g/mol. The van der Waals surface area contributed by atoms with Crippen LogP contribution in [0.2, 0.25) is 10.0 Å². The van der Waals surface area contributed by atoms with E-state index < -0.39 is 9.84 Å². The Hall–Kier alpha value is -1.08. The van der Waals surface area contributed by atoms with Gasteiger partial charge in [0, 0.05) is 28.1 Å². The van der Waals surface area contributed by atoms with Crippen molar-refractivity contribution in [3.63, 3.8) is 0 Å². The first-order valence-corrected chi connectivity index (χ1v) is 10.9. The van der Waals surface area contributed by atoms with Crippen molar-refractivity contribution in [2.75, 3.05) is 37.7 Å². The van der Waals surface area contributed by atoms with Gasteiger partial charge in [-0.3, -0.25) is 4.79 Å². The molecule has 8 heteroatoms. The van der Waals surface area contributed by atoms with E-state index in [2.05, 4.69) is 0 Å². The Labute approximate surface area is 158 Å². The second kappa shape index (κ2) is 7.66. The summed E-state index contributed by atoms with van der Waals surface area (Å²) in [5.74, 6) is 0.501. The Balaban J connectivity index is 1.56. The summed E-state index contributed by atoms with van der Waals surface area (Å²) >= 11 is 12.2. The molecule has 25 heavy (non-hydrogen) atoms. The highest BCUT2D eigenvalue weighted by Crippen LogP contribution is 2.25. The predicted molar refractivity (Wildman–Crippen MR) is 99.8 cm³/mol. The van der Waals surface area contributed by atoms with Gasteiger partial charge in [0.1, 0.15) is 11.8 Å². The molecular weight excluding hydrogens is 383 g/mol. The summed E-state index contributed by atoms with van der Waals surface area (Å²) in [6, 6.07) is 5.40. The fourth-order valence-electron chi connectivity index (χ4n) is 3.47. The van der Waals surface area contributed by atoms with Gasteiger partial charge in [0.05, 0.1) is 31.9 Å². The number of nitrogens with one attached hydrogen (secondary N) is 1. The first-order chi connectivity index (χ1) is 11.9. The molecule has 1 aromatic rings. The van der Waals surface area contributed by atoms with Gasteiger partial charge >= 0.3 is 0 Å². The zero-order valence-electron chi connectivity index (χ0n) is 13.7. The lowest BCUT2D eigenvalue weighted by molar-refractivity contribution is -0.925. The maximum Gasteiger partial charge on any atom is 0.246 e. The number of quaternary nitrogens is 1. The van der Waals surface area contributed by atoms with Crippen LogP contribution >= 0.6 is 23.2 Å². The molecule has 1 atom stereocenters. The third-order valence-electron chi connectivity index (χ3n) is 4.92. The van der Waals surface area contributed by atoms with E-state index in [1.165, 1.54) is 11.0 Å². The maximum absolute atomic E-state index is 12.4. The Kier molecular flexibility index (Phi) is 5.73. The Bertz CT molecular complexity index is 767. The van der Waals surface area contributed by atoms with Crippen molar-refractivity contribution in [1.82, 2.24) is 4.90 Å². The molecule has 5 nitrogen and oxygen atoms in total. The van der Waals surface area contributed by atoms with Crippen LogP contribution in [0, 0.1) is 0 Å². The molecule has 0 spiro atoms. The fourth-order valence-corrected chi connectivity index (χ4v) is 5.82. The van der Waals surface area contributed by atoms with E-state index in [9.17, 15) is 13.2 Å². The van der Waals surface area contributed by atoms with Crippen LogP contribution in [-0.4, -0.2) is 63.0 Å². The number of rotatable bonds is 3. The molecule has 1 aromatic carbocycles. The number of hydrogen-bond acceptors (Lipinski definition) is 3. The number of carbonyl (C=O) groups is 1. The number of benzene rings is 1. The molecule has 0 unspecified atom stereocenters. The van der Waals surface area contributed by atoms with E-state index in [-0.39, 0.29) is 17.7 Å². The molecule has 1 amide bonds. The molecular formula is C17H21Cl2N2O3S+. The molecule has 2 fully saturated rings. The molecule has 2 saturated heterocycles. The third kappa shape index (κ3) is 4.56. The fraction of sp³-hybridized carbons (Fsp3) is 0.471. The van der Waals surface area contributed by atoms with Gasteiger partial charge in [0.25, 0.3) is 0 Å². The van der Waals surface area contributed by atoms with Crippen LogP contribution in [0.15, 0.2) is 24.3 Å². The zero-order valence-corrected chi connectivity index (χ0v) is 16.1. The van der Waals surface area contributed by atoms with Gasteiger partial charge in [-0.15, -0.1) is 0 Å². The van der Waals surface area contributed by atoms with Gasteiger partial charge in [0.15, 0.2) is 9.84 Å². The largest absolute Gasteiger partial charge is 0.329 e. The van der Waals surface area contributed by atoms with Gasteiger partial charge in [-0.2, -0.15) is 0 Å². The number of carbonyl (C=O) groups excluding carboxylic acids is 1. The van der Waals surface area contributed by atoms with Gasteiger partial charge in [-0.1, -0.05) is 29.3 Å². The van der Waals surface area contributed by atoms with Crippen LogP contribution in [0.5, 0.6) is 0 Å². The second-order valence-electron chi connectivity index (χ2n) is 6.55. The van der Waals surface area contributed by atoms with Crippen molar-refractivity contribution in [2.24, 2.45) is 0 Å². The second-order valence-corrected chi connectivity index (χ2v) is 9.60. The average molecular weight is 404 g/mol. The average Bonchev–Trinajstić information content (AvgIpc) is 2.94. The van der Waals surface area contributed by atoms with E-state index in [0.29, 0.717) is 34.5 Å². The molecule has 136 valence electrons. The van der Waals surface area contributed by atoms with Crippen LogP contribution in [0.3, 0.4) is 0 Å². The summed E-state index contributed by atoms with van der Waals surface area (Å²) in [5.41, 5.74) is 0.639. The topological polar surface area (TPSA) is 58.9 Å². The van der Waals surface area contributed by atoms with E-state index >= 15 is 0 Å². The van der Waals surface area contributed by atoms with Gasteiger partial charge in [-0.05, 0) is 18.2 Å². The lowest BCUT2D eigenvalue weighted by Gasteiger charge is -2.34. The third-order valence-corrected chi connectivity index (χ3v) is 7.35. The lowest BCUT2D eigenvalue weighted by Crippen LogP contribution is -3.18. The maximum atomic E-state index is 12.4. The number of halogens is 2. The Morgan fingerprint density at radius 1 is 1.20 bits per heavy atom. The Morgan fingerprint density at radius 2 is 1.84 bits per heavy atom. The quantitative estimate of drug-likeness (QED) is 0.763. The van der Waals surface area contributed by atoms with Crippen LogP contribution < -0.4 is 4.90 Å². The van der Waals surface area contributed by atoms with Crippen molar-refractivity contribution in [2.45, 2.75) is 12.5 Å². The molecule has 1 N–H and O–H groups in total. The van der Waals surface area contributed by atoms with Crippen molar-refractivity contribution in [3.05, 3.63) is 39.9 Å². The highest BCUT2D eigenvalue weighted by molar-refractivity contribution is 7.91. The first kappa shape index (κ1) is 18.7. The lowest BCUT2D eigenvalue weighted by atomic mass is 10.1. The van der Waals surface area contributed by atoms with Crippen molar-refractivity contribution < 1.29 is 18.1 Å². The number of nitrogens with zero attached hydrogens (tertiary/aromatic N) is 1. The molecule has 2 heterocycles. The van der Waals surface area contributed by atoms with E-state index in [0.717, 1.165) is 19.5 Å². The highest BCUT2D eigenvalue weighted by Gasteiger charge is 2.37. The summed E-state index contributed by atoms with van der Waals surface area (Å²) in [5, 5.41) is 1.02. The molecule has 0 aliphatic carbocycles. The molecule has 2 aliphatic heterocycles. The minimum absolute atomic E-state index is 0.0749. The zero-order chi connectivity index (χ0) is 18.0. The minimum atomic E-state index is -2.86. The van der Waals surface area contributed by atoms with Crippen LogP contribution in [0.4, 0.5) is 0 Å². The SMILES string of the molecule is O=C(/C=C/c1c(Cl)cccc1Cl)N1CC[NH+]([C@@H]2CCS(=O)(=O)C2)CC1.